The first-order chi connectivity index (χ1) is 6.26. The summed E-state index contributed by atoms with van der Waals surface area (Å²) < 4.78 is 0. The fraction of sp³-hybridized carbons (Fsp3) is 0.273. The molecule has 68 valence electrons. The third-order valence-electron chi connectivity index (χ3n) is 1.85. The van der Waals surface area contributed by atoms with Crippen molar-refractivity contribution < 1.29 is 4.79 Å². The van der Waals surface area contributed by atoms with Gasteiger partial charge in [-0.3, -0.25) is 9.78 Å². The molecule has 1 aromatic heterocycles. The molecule has 0 aliphatic rings. The van der Waals surface area contributed by atoms with E-state index in [2.05, 4.69) is 4.98 Å². The molecule has 0 aromatic carbocycles. The zero-order valence-electron chi connectivity index (χ0n) is 7.95. The number of hydrogen-bond donors (Lipinski definition) is 0. The van der Waals surface area contributed by atoms with Crippen LogP contribution in [0.1, 0.15) is 24.6 Å². The van der Waals surface area contributed by atoms with Crippen LogP contribution in [0, 0.1) is 6.92 Å². The fourth-order valence-electron chi connectivity index (χ4n) is 0.998. The van der Waals surface area contributed by atoms with Crippen molar-refractivity contribution in [2.24, 2.45) is 0 Å². The Bertz CT molecular complexity index is 311. The Morgan fingerprint density at radius 1 is 1.54 bits per heavy atom. The fourth-order valence-corrected chi connectivity index (χ4v) is 0.998. The van der Waals surface area contributed by atoms with E-state index in [0.29, 0.717) is 0 Å². The minimum atomic E-state index is 0.761. The molecule has 0 saturated heterocycles. The molecule has 0 bridgehead atoms. The van der Waals surface area contributed by atoms with Gasteiger partial charge in [-0.1, -0.05) is 13.0 Å². The predicted octanol–water partition coefficient (Wildman–Crippen LogP) is 2.38. The first-order valence-electron chi connectivity index (χ1n) is 4.34. The van der Waals surface area contributed by atoms with Gasteiger partial charge in [0.1, 0.15) is 6.29 Å². The molecule has 0 aliphatic carbocycles. The maximum Gasteiger partial charge on any atom is 0.146 e. The summed E-state index contributed by atoms with van der Waals surface area (Å²) in [7, 11) is 0. The minimum Gasteiger partial charge on any atom is -0.298 e. The topological polar surface area (TPSA) is 30.0 Å². The summed E-state index contributed by atoms with van der Waals surface area (Å²) in [6, 6.07) is 3.89. The van der Waals surface area contributed by atoms with E-state index in [1.54, 1.807) is 6.20 Å². The quantitative estimate of drug-likeness (QED) is 0.521. The van der Waals surface area contributed by atoms with Gasteiger partial charge < -0.3 is 0 Å². The number of hydrogen-bond acceptors (Lipinski definition) is 2. The van der Waals surface area contributed by atoms with Crippen LogP contribution in [0.2, 0.25) is 0 Å². The van der Waals surface area contributed by atoms with Gasteiger partial charge in [0, 0.05) is 11.9 Å². The third kappa shape index (κ3) is 2.82. The molecule has 0 saturated carbocycles. The maximum absolute atomic E-state index is 10.5. The number of aldehydes is 1. The van der Waals surface area contributed by atoms with E-state index in [-0.39, 0.29) is 0 Å². The lowest BCUT2D eigenvalue weighted by molar-refractivity contribution is -0.104. The molecule has 13 heavy (non-hydrogen) atoms. The summed E-state index contributed by atoms with van der Waals surface area (Å²) in [4.78, 5) is 14.7. The average molecular weight is 175 g/mol. The van der Waals surface area contributed by atoms with E-state index in [4.69, 9.17) is 0 Å². The summed E-state index contributed by atoms with van der Waals surface area (Å²) in [6.45, 7) is 3.90. The molecule has 2 heteroatoms. The lowest BCUT2D eigenvalue weighted by Crippen LogP contribution is -1.84. The van der Waals surface area contributed by atoms with Crippen molar-refractivity contribution in [2.75, 3.05) is 0 Å². The second kappa shape index (κ2) is 4.55. The summed E-state index contributed by atoms with van der Waals surface area (Å²) in [5.41, 5.74) is 2.77. The second-order valence-corrected chi connectivity index (χ2v) is 2.92. The lowest BCUT2D eigenvalue weighted by atomic mass is 10.1. The number of carbonyl (C=O) groups excluding carboxylic acids is 1. The van der Waals surface area contributed by atoms with Crippen LogP contribution in [-0.4, -0.2) is 11.3 Å². The maximum atomic E-state index is 10.5. The SMILES string of the molecule is CC/C(C=O)=C/c1ccc(C)nc1. The Morgan fingerprint density at radius 3 is 2.77 bits per heavy atom. The molecule has 0 aliphatic heterocycles. The van der Waals surface area contributed by atoms with E-state index in [9.17, 15) is 4.79 Å². The average Bonchev–Trinajstić information content (AvgIpc) is 2.17. The van der Waals surface area contributed by atoms with Crippen molar-refractivity contribution in [2.45, 2.75) is 20.3 Å². The van der Waals surface area contributed by atoms with Crippen molar-refractivity contribution in [1.29, 1.82) is 0 Å². The molecule has 0 spiro atoms. The van der Waals surface area contributed by atoms with Gasteiger partial charge in [-0.25, -0.2) is 0 Å². The van der Waals surface area contributed by atoms with Gasteiger partial charge in [-0.15, -0.1) is 0 Å². The third-order valence-corrected chi connectivity index (χ3v) is 1.85. The van der Waals surface area contributed by atoms with E-state index in [1.165, 1.54) is 0 Å². The highest BCUT2D eigenvalue weighted by atomic mass is 16.1. The van der Waals surface area contributed by atoms with Gasteiger partial charge in [-0.05, 0) is 36.6 Å². The number of nitrogens with zero attached hydrogens (tertiary/aromatic N) is 1. The van der Waals surface area contributed by atoms with Crippen molar-refractivity contribution in [3.63, 3.8) is 0 Å². The number of aromatic nitrogens is 1. The number of allylic oxidation sites excluding steroid dienone is 1. The van der Waals surface area contributed by atoms with Gasteiger partial charge in [0.2, 0.25) is 0 Å². The van der Waals surface area contributed by atoms with Gasteiger partial charge in [0.15, 0.2) is 0 Å². The van der Waals surface area contributed by atoms with Crippen LogP contribution in [0.3, 0.4) is 0 Å². The van der Waals surface area contributed by atoms with Gasteiger partial charge in [-0.2, -0.15) is 0 Å². The van der Waals surface area contributed by atoms with Crippen LogP contribution < -0.4 is 0 Å². The summed E-state index contributed by atoms with van der Waals surface area (Å²) in [5, 5.41) is 0. The Kier molecular flexibility index (Phi) is 3.38. The molecule has 0 amide bonds. The molecule has 1 heterocycles. The van der Waals surface area contributed by atoms with Crippen molar-refractivity contribution in [3.05, 3.63) is 35.2 Å². The van der Waals surface area contributed by atoms with E-state index in [1.807, 2.05) is 32.1 Å². The number of aryl methyl sites for hydroxylation is 1. The van der Waals surface area contributed by atoms with Crippen molar-refractivity contribution in [3.8, 4) is 0 Å². The molecule has 1 rings (SSSR count). The highest BCUT2D eigenvalue weighted by molar-refractivity contribution is 5.81. The summed E-state index contributed by atoms with van der Waals surface area (Å²) in [5.74, 6) is 0. The lowest BCUT2D eigenvalue weighted by Gasteiger charge is -1.96. The van der Waals surface area contributed by atoms with E-state index >= 15 is 0 Å². The Hall–Kier alpha value is -1.44. The highest BCUT2D eigenvalue weighted by Crippen LogP contribution is 2.07. The van der Waals surface area contributed by atoms with Gasteiger partial charge in [0.05, 0.1) is 0 Å². The Balaban J connectivity index is 2.90. The first kappa shape index (κ1) is 9.65. The van der Waals surface area contributed by atoms with Crippen LogP contribution in [0.5, 0.6) is 0 Å². The first-order valence-corrected chi connectivity index (χ1v) is 4.34. The van der Waals surface area contributed by atoms with Crippen LogP contribution in [-0.2, 0) is 4.79 Å². The van der Waals surface area contributed by atoms with Gasteiger partial charge in [0.25, 0.3) is 0 Å². The number of carbonyl (C=O) groups is 1. The monoisotopic (exact) mass is 175 g/mol. The summed E-state index contributed by atoms with van der Waals surface area (Å²) in [6.07, 6.45) is 5.28. The van der Waals surface area contributed by atoms with Crippen LogP contribution >= 0.6 is 0 Å². The zero-order chi connectivity index (χ0) is 9.68. The standard InChI is InChI=1S/C11H13NO/c1-3-10(8-13)6-11-5-4-9(2)12-7-11/h4-8H,3H2,1-2H3/b10-6-. The smallest absolute Gasteiger partial charge is 0.146 e. The Morgan fingerprint density at radius 2 is 2.31 bits per heavy atom. The normalized spacial score (nSPS) is 11.4. The number of rotatable bonds is 3. The van der Waals surface area contributed by atoms with Gasteiger partial charge >= 0.3 is 0 Å². The van der Waals surface area contributed by atoms with Crippen molar-refractivity contribution >= 4 is 12.4 Å². The zero-order valence-corrected chi connectivity index (χ0v) is 7.95. The molecule has 0 fully saturated rings. The van der Waals surface area contributed by atoms with Crippen molar-refractivity contribution in [1.82, 2.24) is 4.98 Å². The molecule has 2 nitrogen and oxygen atoms in total. The molecule has 0 unspecified atom stereocenters. The highest BCUT2D eigenvalue weighted by Gasteiger charge is 1.92. The predicted molar refractivity (Wildman–Crippen MR) is 53.3 cm³/mol. The number of pyridine rings is 1. The van der Waals surface area contributed by atoms with Crippen LogP contribution in [0.4, 0.5) is 0 Å². The second-order valence-electron chi connectivity index (χ2n) is 2.92. The molecule has 0 radical (unpaired) electrons. The molecule has 1 aromatic rings. The van der Waals surface area contributed by atoms with E-state index in [0.717, 1.165) is 29.5 Å². The minimum absolute atomic E-state index is 0.761. The Labute approximate surface area is 78.3 Å². The molecular formula is C11H13NO. The molecule has 0 N–H and O–H groups in total. The van der Waals surface area contributed by atoms with Crippen LogP contribution in [0.25, 0.3) is 6.08 Å². The largest absolute Gasteiger partial charge is 0.298 e. The molecule has 0 atom stereocenters. The summed E-state index contributed by atoms with van der Waals surface area (Å²) >= 11 is 0. The molecular weight excluding hydrogens is 162 g/mol. The van der Waals surface area contributed by atoms with E-state index < -0.39 is 0 Å². The van der Waals surface area contributed by atoms with Crippen LogP contribution in [0.15, 0.2) is 23.9 Å².